The molecule has 1 aliphatic rings. The largest absolute Gasteiger partial charge is 0.465 e. The van der Waals surface area contributed by atoms with Gasteiger partial charge in [0.15, 0.2) is 0 Å². The summed E-state index contributed by atoms with van der Waals surface area (Å²) in [7, 11) is 1.22. The van der Waals surface area contributed by atoms with Crippen LogP contribution in [0, 0.1) is 24.6 Å². The maximum Gasteiger partial charge on any atom is 0.341 e. The van der Waals surface area contributed by atoms with Crippen LogP contribution in [0.5, 0.6) is 0 Å². The van der Waals surface area contributed by atoms with Crippen molar-refractivity contribution in [3.05, 3.63) is 51.7 Å². The van der Waals surface area contributed by atoms with E-state index in [2.05, 4.69) is 10.6 Å². The van der Waals surface area contributed by atoms with Crippen molar-refractivity contribution in [2.75, 3.05) is 38.6 Å². The Morgan fingerprint density at radius 2 is 1.53 bits per heavy atom. The predicted molar refractivity (Wildman–Crippen MR) is 171 cm³/mol. The van der Waals surface area contributed by atoms with Crippen molar-refractivity contribution in [1.29, 1.82) is 0 Å². The van der Waals surface area contributed by atoms with Crippen molar-refractivity contribution in [1.82, 2.24) is 15.1 Å². The molecule has 1 saturated heterocycles. The molecule has 246 valence electrons. The Morgan fingerprint density at radius 1 is 0.956 bits per heavy atom. The maximum atomic E-state index is 13.7. The molecule has 1 fully saturated rings. The standard InChI is InChI=1S/C32H44FN5O6S/c1-8-22(20-9-11-21(33)12-10-20)27(39)36-29-23(32(43)44-7)19(6)26(45-29)31(42)38-15-13-37(14-16-38)30(41)25(18(4)5)35-28(40)24(34)17(2)3/h9-12,17-18,22,24-25H,8,13-16,34H2,1-7H3,(H,35,40)(H,36,39)/t22?,24-,25-/m1/s1. The summed E-state index contributed by atoms with van der Waals surface area (Å²) in [6.07, 6.45) is 0.427. The molecule has 13 heteroatoms. The molecule has 0 spiro atoms. The third kappa shape index (κ3) is 8.26. The minimum atomic E-state index is -0.750. The number of ether oxygens (including phenoxy) is 1. The molecular formula is C32H44FN5O6S. The van der Waals surface area contributed by atoms with Crippen LogP contribution in [0.4, 0.5) is 9.39 Å². The quantitative estimate of drug-likeness (QED) is 0.317. The van der Waals surface area contributed by atoms with Crippen LogP contribution in [0.1, 0.15) is 78.1 Å². The van der Waals surface area contributed by atoms with Gasteiger partial charge in [-0.2, -0.15) is 0 Å². The normalized spacial score (nSPS) is 15.4. The molecule has 1 aromatic carbocycles. The van der Waals surface area contributed by atoms with E-state index < -0.39 is 35.7 Å². The second-order valence-electron chi connectivity index (χ2n) is 11.9. The fourth-order valence-corrected chi connectivity index (χ4v) is 6.32. The molecule has 0 saturated carbocycles. The average Bonchev–Trinajstić information content (AvgIpc) is 3.34. The van der Waals surface area contributed by atoms with Gasteiger partial charge in [-0.3, -0.25) is 19.2 Å². The minimum Gasteiger partial charge on any atom is -0.465 e. The molecule has 4 amide bonds. The topological polar surface area (TPSA) is 151 Å². The fourth-order valence-electron chi connectivity index (χ4n) is 5.16. The summed E-state index contributed by atoms with van der Waals surface area (Å²) >= 11 is 0.989. The van der Waals surface area contributed by atoms with E-state index in [4.69, 9.17) is 10.5 Å². The number of carbonyl (C=O) groups excluding carboxylic acids is 5. The molecule has 11 nitrogen and oxygen atoms in total. The molecule has 0 aliphatic carbocycles. The van der Waals surface area contributed by atoms with E-state index in [-0.39, 0.29) is 71.2 Å². The van der Waals surface area contributed by atoms with Crippen molar-refractivity contribution in [3.63, 3.8) is 0 Å². The highest BCUT2D eigenvalue weighted by atomic mass is 32.1. The molecular weight excluding hydrogens is 601 g/mol. The molecule has 1 unspecified atom stereocenters. The number of halogens is 1. The van der Waals surface area contributed by atoms with Crippen molar-refractivity contribution in [2.45, 2.75) is 66.0 Å². The van der Waals surface area contributed by atoms with Gasteiger partial charge in [0.05, 0.1) is 29.5 Å². The van der Waals surface area contributed by atoms with Crippen molar-refractivity contribution in [3.8, 4) is 0 Å². The van der Waals surface area contributed by atoms with Gasteiger partial charge in [-0.15, -0.1) is 11.3 Å². The second-order valence-corrected chi connectivity index (χ2v) is 12.9. The number of rotatable bonds is 11. The first kappa shape index (κ1) is 35.6. The molecule has 4 N–H and O–H groups in total. The van der Waals surface area contributed by atoms with Crippen LogP contribution in [0.2, 0.25) is 0 Å². The van der Waals surface area contributed by atoms with Gasteiger partial charge >= 0.3 is 5.97 Å². The summed E-state index contributed by atoms with van der Waals surface area (Å²) in [6, 6.07) is 4.17. The van der Waals surface area contributed by atoms with E-state index in [0.29, 0.717) is 17.5 Å². The van der Waals surface area contributed by atoms with Crippen molar-refractivity contribution in [2.24, 2.45) is 17.6 Å². The highest BCUT2D eigenvalue weighted by Gasteiger charge is 2.35. The molecule has 3 atom stereocenters. The second kappa shape index (κ2) is 15.4. The van der Waals surface area contributed by atoms with Gasteiger partial charge in [0.25, 0.3) is 5.91 Å². The van der Waals surface area contributed by atoms with Gasteiger partial charge in [0.1, 0.15) is 16.9 Å². The summed E-state index contributed by atoms with van der Waals surface area (Å²) in [5.41, 5.74) is 7.08. The Morgan fingerprint density at radius 3 is 2.04 bits per heavy atom. The Hall–Kier alpha value is -3.84. The van der Waals surface area contributed by atoms with Crippen LogP contribution in [-0.2, 0) is 19.1 Å². The van der Waals surface area contributed by atoms with Crippen molar-refractivity contribution < 1.29 is 33.1 Å². The smallest absolute Gasteiger partial charge is 0.341 e. The van der Waals surface area contributed by atoms with E-state index in [9.17, 15) is 28.4 Å². The SMILES string of the molecule is CCC(C(=O)Nc1sc(C(=O)N2CCN(C(=O)[C@H](NC(=O)[C@H](N)C(C)C)C(C)C)CC2)c(C)c1C(=O)OC)c1ccc(F)cc1. The van der Waals surface area contributed by atoms with Crippen LogP contribution in [0.25, 0.3) is 0 Å². The summed E-state index contributed by atoms with van der Waals surface area (Å²) < 4.78 is 18.4. The molecule has 2 aromatic rings. The Balaban J connectivity index is 1.76. The van der Waals surface area contributed by atoms with E-state index >= 15 is 0 Å². The number of nitrogens with zero attached hydrogens (tertiary/aromatic N) is 2. The zero-order valence-corrected chi connectivity index (χ0v) is 27.8. The lowest BCUT2D eigenvalue weighted by atomic mass is 9.95. The van der Waals surface area contributed by atoms with Gasteiger partial charge in [-0.1, -0.05) is 46.8 Å². The van der Waals surface area contributed by atoms with Gasteiger partial charge in [0.2, 0.25) is 17.7 Å². The van der Waals surface area contributed by atoms with E-state index in [1.165, 1.54) is 19.2 Å². The number of nitrogens with one attached hydrogen (secondary N) is 2. The number of carbonyl (C=O) groups is 5. The summed E-state index contributed by atoms with van der Waals surface area (Å²) in [5.74, 6) is -3.33. The number of nitrogens with two attached hydrogens (primary N) is 1. The highest BCUT2D eigenvalue weighted by molar-refractivity contribution is 7.18. The van der Waals surface area contributed by atoms with Gasteiger partial charge in [-0.25, -0.2) is 9.18 Å². The Kier molecular flexibility index (Phi) is 12.2. The van der Waals surface area contributed by atoms with E-state index in [0.717, 1.165) is 11.3 Å². The first-order valence-electron chi connectivity index (χ1n) is 15.1. The minimum absolute atomic E-state index is 0.0837. The highest BCUT2D eigenvalue weighted by Crippen LogP contribution is 2.36. The summed E-state index contributed by atoms with van der Waals surface area (Å²) in [6.45, 7) is 11.8. The van der Waals surface area contributed by atoms with Gasteiger partial charge in [-0.05, 0) is 48.4 Å². The number of thiophene rings is 1. The number of anilines is 1. The number of hydrogen-bond donors (Lipinski definition) is 3. The van der Waals surface area contributed by atoms with E-state index in [1.807, 2.05) is 34.6 Å². The zero-order valence-electron chi connectivity index (χ0n) is 26.9. The first-order valence-corrected chi connectivity index (χ1v) is 15.9. The fraction of sp³-hybridized carbons (Fsp3) is 0.531. The lowest BCUT2D eigenvalue weighted by Crippen LogP contribution is -2.59. The van der Waals surface area contributed by atoms with Gasteiger partial charge < -0.3 is 30.9 Å². The van der Waals surface area contributed by atoms with Crippen LogP contribution in [0.3, 0.4) is 0 Å². The maximum absolute atomic E-state index is 13.7. The third-order valence-corrected chi connectivity index (χ3v) is 9.29. The predicted octanol–water partition coefficient (Wildman–Crippen LogP) is 3.52. The Labute approximate surface area is 267 Å². The van der Waals surface area contributed by atoms with E-state index in [1.54, 1.807) is 28.9 Å². The summed E-state index contributed by atoms with van der Waals surface area (Å²) in [4.78, 5) is 69.2. The van der Waals surface area contributed by atoms with Crippen LogP contribution < -0.4 is 16.4 Å². The zero-order chi connectivity index (χ0) is 33.6. The number of methoxy groups -OCH3 is 1. The average molecular weight is 646 g/mol. The third-order valence-electron chi connectivity index (χ3n) is 8.09. The Bertz CT molecular complexity index is 1400. The van der Waals surface area contributed by atoms with Crippen LogP contribution in [-0.4, -0.2) is 84.8 Å². The molecule has 0 radical (unpaired) electrons. The summed E-state index contributed by atoms with van der Waals surface area (Å²) in [5, 5.41) is 5.79. The molecule has 1 aliphatic heterocycles. The first-order chi connectivity index (χ1) is 21.2. The molecule has 3 rings (SSSR count). The molecule has 45 heavy (non-hydrogen) atoms. The number of hydrogen-bond acceptors (Lipinski definition) is 8. The number of piperazine rings is 1. The lowest BCUT2D eigenvalue weighted by Gasteiger charge is -2.37. The number of amides is 4. The monoisotopic (exact) mass is 645 g/mol. The van der Waals surface area contributed by atoms with Crippen LogP contribution >= 0.6 is 11.3 Å². The van der Waals surface area contributed by atoms with Crippen LogP contribution in [0.15, 0.2) is 24.3 Å². The number of benzene rings is 1. The van der Waals surface area contributed by atoms with Crippen molar-refractivity contribution >= 4 is 45.9 Å². The molecule has 2 heterocycles. The molecule has 1 aromatic heterocycles. The molecule has 0 bridgehead atoms. The lowest BCUT2D eigenvalue weighted by molar-refractivity contribution is -0.139. The van der Waals surface area contributed by atoms with Gasteiger partial charge in [0, 0.05) is 26.2 Å². The number of esters is 1.